The summed E-state index contributed by atoms with van der Waals surface area (Å²) in [6.45, 7) is 3.49. The van der Waals surface area contributed by atoms with E-state index in [1.54, 1.807) is 21.9 Å². The number of likely N-dealkylation sites (tertiary alicyclic amines) is 2. The van der Waals surface area contributed by atoms with Gasteiger partial charge in [-0.05, 0) is 49.3 Å². The number of nitrogens with zero attached hydrogens (tertiary/aromatic N) is 2. The maximum Gasteiger partial charge on any atom is 0.257 e. The molecule has 2 aliphatic rings. The summed E-state index contributed by atoms with van der Waals surface area (Å²) >= 11 is 0. The van der Waals surface area contributed by atoms with Crippen LogP contribution in [0.15, 0.2) is 18.2 Å². The fourth-order valence-electron chi connectivity index (χ4n) is 4.02. The van der Waals surface area contributed by atoms with E-state index in [0.717, 1.165) is 24.8 Å². The topological polar surface area (TPSA) is 104 Å². The van der Waals surface area contributed by atoms with E-state index in [4.69, 9.17) is 5.73 Å². The quantitative estimate of drug-likeness (QED) is 0.841. The lowest BCUT2D eigenvalue weighted by atomic mass is 9.72. The van der Waals surface area contributed by atoms with Crippen molar-refractivity contribution in [3.05, 3.63) is 29.3 Å². The number of nitrogens with two attached hydrogens (primary N) is 1. The largest absolute Gasteiger partial charge is 0.507 e. The first kappa shape index (κ1) is 18.2. The maximum atomic E-state index is 12.7. The zero-order valence-corrected chi connectivity index (χ0v) is 15.0. The van der Waals surface area contributed by atoms with Gasteiger partial charge in [-0.1, -0.05) is 6.07 Å². The zero-order valence-electron chi connectivity index (χ0n) is 15.0. The molecule has 0 aliphatic carbocycles. The highest BCUT2D eigenvalue weighted by Crippen LogP contribution is 2.40. The third-order valence-corrected chi connectivity index (χ3v) is 5.59. The first-order valence-corrected chi connectivity index (χ1v) is 8.95. The van der Waals surface area contributed by atoms with Gasteiger partial charge in [-0.2, -0.15) is 0 Å². The fourth-order valence-corrected chi connectivity index (χ4v) is 4.02. The van der Waals surface area contributed by atoms with E-state index in [1.165, 1.54) is 0 Å². The number of aryl methyl sites for hydroxylation is 1. The van der Waals surface area contributed by atoms with Crippen molar-refractivity contribution in [3.63, 3.8) is 0 Å². The number of hydrogen-bond acceptors (Lipinski definition) is 4. The van der Waals surface area contributed by atoms with Gasteiger partial charge in [-0.25, -0.2) is 0 Å². The summed E-state index contributed by atoms with van der Waals surface area (Å²) in [4.78, 5) is 39.2. The SMILES string of the molecule is Cc1ccc(C(=O)N2CCC3(CCC(=O)N(CC(N)=O)C3)CC2)c(O)c1. The first-order valence-electron chi connectivity index (χ1n) is 8.95. The minimum Gasteiger partial charge on any atom is -0.507 e. The molecule has 2 fully saturated rings. The number of hydrogen-bond donors (Lipinski definition) is 2. The summed E-state index contributed by atoms with van der Waals surface area (Å²) in [6, 6.07) is 5.06. The van der Waals surface area contributed by atoms with Crippen molar-refractivity contribution in [2.45, 2.75) is 32.6 Å². The van der Waals surface area contributed by atoms with Crippen LogP contribution in [0, 0.1) is 12.3 Å². The smallest absolute Gasteiger partial charge is 0.257 e. The van der Waals surface area contributed by atoms with Crippen LogP contribution in [0.2, 0.25) is 0 Å². The third kappa shape index (κ3) is 3.66. The van der Waals surface area contributed by atoms with Crippen LogP contribution in [0.3, 0.4) is 0 Å². The lowest BCUT2D eigenvalue weighted by molar-refractivity contribution is -0.142. The van der Waals surface area contributed by atoms with Gasteiger partial charge in [0.05, 0.1) is 12.1 Å². The molecule has 0 unspecified atom stereocenters. The van der Waals surface area contributed by atoms with E-state index < -0.39 is 5.91 Å². The molecule has 0 aromatic heterocycles. The van der Waals surface area contributed by atoms with Crippen molar-refractivity contribution < 1.29 is 19.5 Å². The second-order valence-corrected chi connectivity index (χ2v) is 7.53. The van der Waals surface area contributed by atoms with Gasteiger partial charge in [0.25, 0.3) is 5.91 Å². The number of amides is 3. The van der Waals surface area contributed by atoms with Gasteiger partial charge in [-0.3, -0.25) is 14.4 Å². The van der Waals surface area contributed by atoms with Crippen LogP contribution >= 0.6 is 0 Å². The van der Waals surface area contributed by atoms with Crippen LogP contribution < -0.4 is 5.73 Å². The molecular weight excluding hydrogens is 334 g/mol. The molecule has 26 heavy (non-hydrogen) atoms. The lowest BCUT2D eigenvalue weighted by Crippen LogP contribution is -2.53. The zero-order chi connectivity index (χ0) is 18.9. The van der Waals surface area contributed by atoms with Gasteiger partial charge in [-0.15, -0.1) is 0 Å². The van der Waals surface area contributed by atoms with Crippen molar-refractivity contribution >= 4 is 17.7 Å². The Bertz CT molecular complexity index is 738. The van der Waals surface area contributed by atoms with Crippen molar-refractivity contribution in [2.75, 3.05) is 26.2 Å². The van der Waals surface area contributed by atoms with Crippen molar-refractivity contribution in [1.82, 2.24) is 9.80 Å². The molecule has 3 N–H and O–H groups in total. The highest BCUT2D eigenvalue weighted by molar-refractivity contribution is 5.97. The van der Waals surface area contributed by atoms with Gasteiger partial charge in [0.2, 0.25) is 11.8 Å². The number of benzene rings is 1. The van der Waals surface area contributed by atoms with Gasteiger partial charge in [0.1, 0.15) is 5.75 Å². The van der Waals surface area contributed by atoms with E-state index in [0.29, 0.717) is 31.6 Å². The molecule has 2 aliphatic heterocycles. The summed E-state index contributed by atoms with van der Waals surface area (Å²) in [5.41, 5.74) is 6.41. The summed E-state index contributed by atoms with van der Waals surface area (Å²) in [5, 5.41) is 10.0. The molecule has 7 nitrogen and oxygen atoms in total. The predicted molar refractivity (Wildman–Crippen MR) is 95.4 cm³/mol. The molecule has 1 spiro atoms. The number of carbonyl (C=O) groups excluding carboxylic acids is 3. The summed E-state index contributed by atoms with van der Waals surface area (Å²) < 4.78 is 0. The maximum absolute atomic E-state index is 12.7. The Labute approximate surface area is 152 Å². The van der Waals surface area contributed by atoms with Crippen LogP contribution in [-0.2, 0) is 9.59 Å². The number of piperidine rings is 2. The minimum atomic E-state index is -0.502. The third-order valence-electron chi connectivity index (χ3n) is 5.59. The predicted octanol–water partition coefficient (Wildman–Crippen LogP) is 1.03. The highest BCUT2D eigenvalue weighted by atomic mass is 16.3. The summed E-state index contributed by atoms with van der Waals surface area (Å²) in [6.07, 6.45) is 2.74. The van der Waals surface area contributed by atoms with E-state index in [2.05, 4.69) is 0 Å². The van der Waals surface area contributed by atoms with Crippen molar-refractivity contribution in [2.24, 2.45) is 11.1 Å². The Hall–Kier alpha value is -2.57. The monoisotopic (exact) mass is 359 g/mol. The Morgan fingerprint density at radius 3 is 2.54 bits per heavy atom. The highest BCUT2D eigenvalue weighted by Gasteiger charge is 2.42. The molecule has 140 valence electrons. The number of phenols is 1. The van der Waals surface area contributed by atoms with E-state index in [-0.39, 0.29) is 29.5 Å². The molecule has 1 aromatic carbocycles. The summed E-state index contributed by atoms with van der Waals surface area (Å²) in [5.74, 6) is -0.695. The molecular formula is C19H25N3O4. The minimum absolute atomic E-state index is 0.00573. The van der Waals surface area contributed by atoms with Crippen LogP contribution in [-0.4, -0.2) is 58.8 Å². The van der Waals surface area contributed by atoms with E-state index in [1.807, 2.05) is 13.0 Å². The second-order valence-electron chi connectivity index (χ2n) is 7.53. The normalized spacial score (nSPS) is 19.7. The van der Waals surface area contributed by atoms with E-state index >= 15 is 0 Å². The standard InChI is InChI=1S/C19H25N3O4/c1-13-2-3-14(15(23)10-13)18(26)21-8-6-19(7-9-21)5-4-17(25)22(12-19)11-16(20)24/h2-3,10,23H,4-9,11-12H2,1H3,(H2,20,24). The lowest BCUT2D eigenvalue weighted by Gasteiger charge is -2.47. The molecule has 3 rings (SSSR count). The number of primary amides is 1. The van der Waals surface area contributed by atoms with Gasteiger partial charge < -0.3 is 20.6 Å². The molecule has 0 radical (unpaired) electrons. The van der Waals surface area contributed by atoms with Crippen LogP contribution in [0.1, 0.15) is 41.6 Å². The molecule has 0 bridgehead atoms. The van der Waals surface area contributed by atoms with Crippen LogP contribution in [0.4, 0.5) is 0 Å². The number of aromatic hydroxyl groups is 1. The van der Waals surface area contributed by atoms with E-state index in [9.17, 15) is 19.5 Å². The Balaban J connectivity index is 1.65. The molecule has 3 amide bonds. The van der Waals surface area contributed by atoms with Crippen LogP contribution in [0.5, 0.6) is 5.75 Å². The van der Waals surface area contributed by atoms with Gasteiger partial charge >= 0.3 is 0 Å². The van der Waals surface area contributed by atoms with Gasteiger partial charge in [0, 0.05) is 26.1 Å². The van der Waals surface area contributed by atoms with Gasteiger partial charge in [0.15, 0.2) is 0 Å². The molecule has 0 atom stereocenters. The number of carbonyl (C=O) groups is 3. The van der Waals surface area contributed by atoms with Crippen molar-refractivity contribution in [3.8, 4) is 5.75 Å². The first-order chi connectivity index (χ1) is 12.3. The molecule has 0 saturated carbocycles. The average molecular weight is 359 g/mol. The second kappa shape index (κ2) is 6.97. The number of phenolic OH excluding ortho intramolecular Hbond substituents is 1. The average Bonchev–Trinajstić information content (AvgIpc) is 2.58. The summed E-state index contributed by atoms with van der Waals surface area (Å²) in [7, 11) is 0. The molecule has 2 heterocycles. The van der Waals surface area contributed by atoms with Crippen LogP contribution in [0.25, 0.3) is 0 Å². The molecule has 1 aromatic rings. The Morgan fingerprint density at radius 1 is 1.23 bits per heavy atom. The Kier molecular flexibility index (Phi) is 4.89. The molecule has 7 heteroatoms. The van der Waals surface area contributed by atoms with Crippen molar-refractivity contribution in [1.29, 1.82) is 0 Å². The number of rotatable bonds is 3. The molecule has 2 saturated heterocycles. The Morgan fingerprint density at radius 2 is 1.92 bits per heavy atom. The fraction of sp³-hybridized carbons (Fsp3) is 0.526.